The van der Waals surface area contributed by atoms with Crippen LogP contribution in [0.2, 0.25) is 0 Å². The molecule has 0 fully saturated rings. The Balaban J connectivity index is 1.96. The van der Waals surface area contributed by atoms with Crippen molar-refractivity contribution in [3.05, 3.63) is 44.8 Å². The zero-order valence-corrected chi connectivity index (χ0v) is 13.2. The number of halogens is 4. The first kappa shape index (κ1) is 15.8. The van der Waals surface area contributed by atoms with Crippen LogP contribution in [0.3, 0.4) is 0 Å². The predicted molar refractivity (Wildman–Crippen MR) is 78.9 cm³/mol. The number of benzene rings is 1. The molecule has 2 N–H and O–H groups in total. The van der Waals surface area contributed by atoms with Gasteiger partial charge in [0, 0.05) is 26.2 Å². The molecule has 1 aromatic heterocycles. The highest BCUT2D eigenvalue weighted by Crippen LogP contribution is 2.35. The van der Waals surface area contributed by atoms with Gasteiger partial charge in [-0.15, -0.1) is 23.1 Å². The van der Waals surface area contributed by atoms with Crippen LogP contribution in [0.25, 0.3) is 0 Å². The molecule has 2 nitrogen and oxygen atoms in total. The second kappa shape index (κ2) is 6.46. The van der Waals surface area contributed by atoms with Gasteiger partial charge in [-0.3, -0.25) is 0 Å². The zero-order valence-electron chi connectivity index (χ0n) is 10.0. The lowest BCUT2D eigenvalue weighted by atomic mass is 10.3. The third-order valence-electron chi connectivity index (χ3n) is 2.37. The van der Waals surface area contributed by atoms with Gasteiger partial charge < -0.3 is 5.73 Å². The second-order valence-electron chi connectivity index (χ2n) is 3.94. The molecule has 0 radical (unpaired) electrons. The summed E-state index contributed by atoms with van der Waals surface area (Å²) in [5.41, 5.74) is 5.90. The Morgan fingerprint density at radius 2 is 1.95 bits per heavy atom. The molecule has 0 bridgehead atoms. The number of thioether (sulfide) groups is 1. The summed E-state index contributed by atoms with van der Waals surface area (Å²) in [6.07, 6.45) is -3.19. The zero-order chi connectivity index (χ0) is 14.8. The van der Waals surface area contributed by atoms with Gasteiger partial charge in [0.15, 0.2) is 5.01 Å². The summed E-state index contributed by atoms with van der Waals surface area (Å²) >= 11 is 5.44. The van der Waals surface area contributed by atoms with E-state index in [4.69, 9.17) is 5.73 Å². The number of hydrogen-bond acceptors (Lipinski definition) is 4. The number of rotatable bonds is 4. The molecule has 0 saturated heterocycles. The molecule has 0 aliphatic carbocycles. The Hall–Kier alpha value is -0.570. The van der Waals surface area contributed by atoms with Crippen molar-refractivity contribution >= 4 is 39.0 Å². The highest BCUT2D eigenvalue weighted by molar-refractivity contribution is 9.10. The number of aromatic nitrogens is 1. The smallest absolute Gasteiger partial charge is 0.323 e. The third-order valence-corrected chi connectivity index (χ3v) is 5.21. The SMILES string of the molecule is NC(CSc1ccc(Br)cc1)c1cnc(C(F)(F)F)s1. The molecule has 1 aromatic carbocycles. The summed E-state index contributed by atoms with van der Waals surface area (Å²) in [5.74, 6) is 0.501. The van der Waals surface area contributed by atoms with E-state index in [1.165, 1.54) is 18.0 Å². The summed E-state index contributed by atoms with van der Waals surface area (Å²) < 4.78 is 38.3. The minimum Gasteiger partial charge on any atom is -0.323 e. The van der Waals surface area contributed by atoms with Crippen molar-refractivity contribution in [1.29, 1.82) is 0 Å². The van der Waals surface area contributed by atoms with Gasteiger partial charge in [0.05, 0.1) is 6.04 Å². The van der Waals surface area contributed by atoms with Crippen molar-refractivity contribution in [2.75, 3.05) is 5.75 Å². The molecule has 108 valence electrons. The minimum absolute atomic E-state index is 0.446. The summed E-state index contributed by atoms with van der Waals surface area (Å²) in [7, 11) is 0. The van der Waals surface area contributed by atoms with E-state index >= 15 is 0 Å². The molecule has 0 spiro atoms. The summed E-state index contributed by atoms with van der Waals surface area (Å²) in [6.45, 7) is 0. The lowest BCUT2D eigenvalue weighted by Crippen LogP contribution is -2.11. The Kier molecular flexibility index (Phi) is 5.11. The van der Waals surface area contributed by atoms with Crippen LogP contribution in [0.5, 0.6) is 0 Å². The maximum absolute atomic E-state index is 12.5. The highest BCUT2D eigenvalue weighted by Gasteiger charge is 2.35. The van der Waals surface area contributed by atoms with Crippen LogP contribution < -0.4 is 5.73 Å². The molecule has 0 aliphatic rings. The van der Waals surface area contributed by atoms with Crippen LogP contribution in [-0.2, 0) is 6.18 Å². The van der Waals surface area contributed by atoms with Crippen molar-refractivity contribution in [1.82, 2.24) is 4.98 Å². The Morgan fingerprint density at radius 1 is 1.30 bits per heavy atom. The van der Waals surface area contributed by atoms with Crippen molar-refractivity contribution in [2.24, 2.45) is 5.73 Å². The van der Waals surface area contributed by atoms with Crippen molar-refractivity contribution in [2.45, 2.75) is 17.1 Å². The van der Waals surface area contributed by atoms with Crippen molar-refractivity contribution in [3.8, 4) is 0 Å². The van der Waals surface area contributed by atoms with Crippen LogP contribution in [0, 0.1) is 0 Å². The number of alkyl halides is 3. The fourth-order valence-electron chi connectivity index (χ4n) is 1.39. The van der Waals surface area contributed by atoms with Gasteiger partial charge in [-0.1, -0.05) is 15.9 Å². The molecular formula is C12H10BrF3N2S2. The van der Waals surface area contributed by atoms with Gasteiger partial charge in [0.2, 0.25) is 0 Å². The van der Waals surface area contributed by atoms with Crippen LogP contribution in [0.4, 0.5) is 13.2 Å². The predicted octanol–water partition coefficient (Wildman–Crippen LogP) is 4.72. The van der Waals surface area contributed by atoms with E-state index in [0.717, 1.165) is 9.37 Å². The largest absolute Gasteiger partial charge is 0.443 e. The first-order chi connectivity index (χ1) is 9.36. The second-order valence-corrected chi connectivity index (χ2v) is 7.01. The van der Waals surface area contributed by atoms with Crippen LogP contribution in [0.1, 0.15) is 15.9 Å². The number of thiazole rings is 1. The first-order valence-corrected chi connectivity index (χ1v) is 8.12. The standard InChI is InChI=1S/C12H10BrF3N2S2/c13-7-1-3-8(4-2-7)19-6-9(17)10-5-18-11(20-10)12(14,15)16/h1-5,9H,6,17H2. The fraction of sp³-hybridized carbons (Fsp3) is 0.250. The molecule has 1 heterocycles. The molecule has 0 amide bonds. The lowest BCUT2D eigenvalue weighted by Gasteiger charge is -2.08. The highest BCUT2D eigenvalue weighted by atomic mass is 79.9. The van der Waals surface area contributed by atoms with Gasteiger partial charge in [-0.05, 0) is 24.3 Å². The average molecular weight is 383 g/mol. The monoisotopic (exact) mass is 382 g/mol. The van der Waals surface area contributed by atoms with Crippen LogP contribution >= 0.6 is 39.0 Å². The summed E-state index contributed by atoms with van der Waals surface area (Å²) in [4.78, 5) is 4.84. The Bertz CT molecular complexity index is 569. The van der Waals surface area contributed by atoms with E-state index in [9.17, 15) is 13.2 Å². The molecule has 20 heavy (non-hydrogen) atoms. The average Bonchev–Trinajstić information content (AvgIpc) is 2.87. The first-order valence-electron chi connectivity index (χ1n) is 5.53. The summed E-state index contributed by atoms with van der Waals surface area (Å²) in [6, 6.07) is 7.20. The number of hydrogen-bond donors (Lipinski definition) is 1. The van der Waals surface area contributed by atoms with Crippen LogP contribution in [-0.4, -0.2) is 10.7 Å². The maximum atomic E-state index is 12.5. The number of nitrogens with zero attached hydrogens (tertiary/aromatic N) is 1. The molecule has 8 heteroatoms. The Morgan fingerprint density at radius 3 is 2.50 bits per heavy atom. The molecule has 2 aromatic rings. The van der Waals surface area contributed by atoms with Gasteiger partial charge in [0.25, 0.3) is 0 Å². The molecular weight excluding hydrogens is 373 g/mol. The van der Waals surface area contributed by atoms with Crippen LogP contribution in [0.15, 0.2) is 39.8 Å². The van der Waals surface area contributed by atoms with Gasteiger partial charge in [-0.2, -0.15) is 13.2 Å². The number of nitrogens with two attached hydrogens (primary N) is 1. The van der Waals surface area contributed by atoms with Gasteiger partial charge in [-0.25, -0.2) is 4.98 Å². The van der Waals surface area contributed by atoms with E-state index in [-0.39, 0.29) is 0 Å². The summed E-state index contributed by atoms with van der Waals surface area (Å²) in [5, 5.41) is -0.850. The minimum atomic E-state index is -4.40. The van der Waals surface area contributed by atoms with Gasteiger partial charge >= 0.3 is 6.18 Å². The topological polar surface area (TPSA) is 38.9 Å². The maximum Gasteiger partial charge on any atom is 0.443 e. The molecule has 0 aliphatic heterocycles. The van der Waals surface area contributed by atoms with E-state index in [1.807, 2.05) is 24.3 Å². The fourth-order valence-corrected chi connectivity index (χ4v) is 3.42. The van der Waals surface area contributed by atoms with E-state index in [2.05, 4.69) is 20.9 Å². The normalized spacial score (nSPS) is 13.4. The van der Waals surface area contributed by atoms with Crippen molar-refractivity contribution in [3.63, 3.8) is 0 Å². The molecule has 1 unspecified atom stereocenters. The van der Waals surface area contributed by atoms with Gasteiger partial charge in [0.1, 0.15) is 0 Å². The van der Waals surface area contributed by atoms with E-state index in [0.29, 0.717) is 22.0 Å². The molecule has 1 atom stereocenters. The molecule has 0 saturated carbocycles. The van der Waals surface area contributed by atoms with Crippen molar-refractivity contribution < 1.29 is 13.2 Å². The van der Waals surface area contributed by atoms with E-state index < -0.39 is 17.2 Å². The van der Waals surface area contributed by atoms with E-state index in [1.54, 1.807) is 0 Å². The molecule has 2 rings (SSSR count). The quantitative estimate of drug-likeness (QED) is 0.777. The third kappa shape index (κ3) is 4.21. The lowest BCUT2D eigenvalue weighted by molar-refractivity contribution is -0.137. The Labute approximate surface area is 130 Å².